The number of rotatable bonds is 5. The predicted octanol–water partition coefficient (Wildman–Crippen LogP) is 1.56. The molecule has 1 heterocycles. The predicted molar refractivity (Wildman–Crippen MR) is 87.6 cm³/mol. The minimum Gasteiger partial charge on any atom is -0.495 e. The third kappa shape index (κ3) is 4.14. The molecule has 7 nitrogen and oxygen atoms in total. The van der Waals surface area contributed by atoms with Crippen molar-refractivity contribution in [3.05, 3.63) is 47.9 Å². The molecule has 0 fully saturated rings. The van der Waals surface area contributed by atoms with Crippen molar-refractivity contribution in [2.45, 2.75) is 19.4 Å². The van der Waals surface area contributed by atoms with Crippen molar-refractivity contribution in [2.24, 2.45) is 0 Å². The lowest BCUT2D eigenvalue weighted by atomic mass is 10.0. The Morgan fingerprint density at radius 3 is 2.67 bits per heavy atom. The van der Waals surface area contributed by atoms with Crippen molar-refractivity contribution in [1.29, 1.82) is 0 Å². The van der Waals surface area contributed by atoms with Gasteiger partial charge in [-0.15, -0.1) is 0 Å². The normalized spacial score (nSPS) is 13.0. The number of anilines is 1. The van der Waals surface area contributed by atoms with Crippen molar-refractivity contribution in [2.75, 3.05) is 19.0 Å². The van der Waals surface area contributed by atoms with Crippen LogP contribution in [0.2, 0.25) is 0 Å². The second-order valence-corrected chi connectivity index (χ2v) is 5.59. The second kappa shape index (κ2) is 7.18. The van der Waals surface area contributed by atoms with E-state index in [1.807, 2.05) is 13.0 Å². The molecular weight excluding hydrogens is 312 g/mol. The molecule has 0 aliphatic heterocycles. The summed E-state index contributed by atoms with van der Waals surface area (Å²) < 4.78 is 10.3. The number of aliphatic hydroxyl groups is 1. The van der Waals surface area contributed by atoms with Gasteiger partial charge in [-0.2, -0.15) is 0 Å². The zero-order chi connectivity index (χ0) is 17.7. The summed E-state index contributed by atoms with van der Waals surface area (Å²) in [6.45, 7) is 3.17. The Balaban J connectivity index is 1.98. The van der Waals surface area contributed by atoms with Crippen molar-refractivity contribution >= 4 is 17.5 Å². The standard InChI is InChI=1S/C17H20N2O5/c1-11-6-7-13(23-3)12(9-11)19-16(21)15(20)18-10-17(2,22)14-5-4-8-24-14/h4-9,22H,10H2,1-3H3,(H,18,20)(H,19,21)/t17-/m1/s1. The molecule has 2 aromatic rings. The van der Waals surface area contributed by atoms with Gasteiger partial charge in [0.25, 0.3) is 0 Å². The smallest absolute Gasteiger partial charge is 0.313 e. The largest absolute Gasteiger partial charge is 0.495 e. The molecule has 1 atom stereocenters. The molecule has 0 aliphatic rings. The van der Waals surface area contributed by atoms with Crippen molar-refractivity contribution in [3.63, 3.8) is 0 Å². The van der Waals surface area contributed by atoms with Crippen LogP contribution in [0.3, 0.4) is 0 Å². The fourth-order valence-electron chi connectivity index (χ4n) is 2.10. The lowest BCUT2D eigenvalue weighted by Crippen LogP contribution is -2.43. The number of carbonyl (C=O) groups excluding carboxylic acids is 2. The maximum Gasteiger partial charge on any atom is 0.313 e. The molecular formula is C17H20N2O5. The van der Waals surface area contributed by atoms with E-state index in [9.17, 15) is 14.7 Å². The Labute approximate surface area is 139 Å². The Kier molecular flexibility index (Phi) is 5.25. The van der Waals surface area contributed by atoms with Crippen molar-refractivity contribution in [3.8, 4) is 5.75 Å². The molecule has 1 aromatic heterocycles. The molecule has 24 heavy (non-hydrogen) atoms. The van der Waals surface area contributed by atoms with E-state index in [-0.39, 0.29) is 6.54 Å². The van der Waals surface area contributed by atoms with E-state index in [1.165, 1.54) is 20.3 Å². The molecule has 2 rings (SSSR count). The van der Waals surface area contributed by atoms with E-state index in [1.54, 1.807) is 24.3 Å². The van der Waals surface area contributed by atoms with Crippen LogP contribution < -0.4 is 15.4 Å². The van der Waals surface area contributed by atoms with Gasteiger partial charge in [0.2, 0.25) is 0 Å². The summed E-state index contributed by atoms with van der Waals surface area (Å²) in [5.74, 6) is -0.979. The van der Waals surface area contributed by atoms with E-state index in [4.69, 9.17) is 9.15 Å². The molecule has 0 bridgehead atoms. The number of carbonyl (C=O) groups is 2. The summed E-state index contributed by atoms with van der Waals surface area (Å²) in [5.41, 5.74) is -0.108. The zero-order valence-corrected chi connectivity index (χ0v) is 13.8. The van der Waals surface area contributed by atoms with Gasteiger partial charge in [0.15, 0.2) is 0 Å². The average Bonchev–Trinajstić information content (AvgIpc) is 3.08. The van der Waals surface area contributed by atoms with Gasteiger partial charge >= 0.3 is 11.8 Å². The van der Waals surface area contributed by atoms with Crippen LogP contribution in [0, 0.1) is 6.92 Å². The summed E-state index contributed by atoms with van der Waals surface area (Å²) in [7, 11) is 1.47. The highest BCUT2D eigenvalue weighted by Gasteiger charge is 2.28. The summed E-state index contributed by atoms with van der Waals surface area (Å²) in [6, 6.07) is 8.44. The molecule has 128 valence electrons. The Morgan fingerprint density at radius 1 is 1.29 bits per heavy atom. The van der Waals surface area contributed by atoms with Crippen LogP contribution in [0.1, 0.15) is 18.2 Å². The molecule has 3 N–H and O–H groups in total. The molecule has 0 radical (unpaired) electrons. The SMILES string of the molecule is COc1ccc(C)cc1NC(=O)C(=O)NC[C@@](C)(O)c1ccco1. The first-order chi connectivity index (χ1) is 11.3. The van der Waals surface area contributed by atoms with Crippen LogP contribution >= 0.6 is 0 Å². The first-order valence-corrected chi connectivity index (χ1v) is 7.33. The number of aryl methyl sites for hydroxylation is 1. The van der Waals surface area contributed by atoms with E-state index < -0.39 is 17.4 Å². The molecule has 1 aromatic carbocycles. The lowest BCUT2D eigenvalue weighted by molar-refractivity contribution is -0.136. The van der Waals surface area contributed by atoms with Gasteiger partial charge in [-0.25, -0.2) is 0 Å². The van der Waals surface area contributed by atoms with Gasteiger partial charge in [-0.05, 0) is 43.7 Å². The fourth-order valence-corrected chi connectivity index (χ4v) is 2.10. The summed E-state index contributed by atoms with van der Waals surface area (Å²) in [4.78, 5) is 24.0. The van der Waals surface area contributed by atoms with E-state index in [2.05, 4.69) is 10.6 Å². The van der Waals surface area contributed by atoms with Crippen molar-refractivity contribution < 1.29 is 23.8 Å². The van der Waals surface area contributed by atoms with Crippen molar-refractivity contribution in [1.82, 2.24) is 5.32 Å². The number of hydrogen-bond donors (Lipinski definition) is 3. The quantitative estimate of drug-likeness (QED) is 0.721. The Hall–Kier alpha value is -2.80. The van der Waals surface area contributed by atoms with Gasteiger partial charge in [-0.3, -0.25) is 9.59 Å². The van der Waals surface area contributed by atoms with Crippen LogP contribution in [-0.4, -0.2) is 30.6 Å². The number of furan rings is 1. The third-order valence-corrected chi connectivity index (χ3v) is 3.45. The molecule has 0 saturated heterocycles. The molecule has 2 amide bonds. The third-order valence-electron chi connectivity index (χ3n) is 3.45. The van der Waals surface area contributed by atoms with E-state index in [0.717, 1.165) is 5.56 Å². The van der Waals surface area contributed by atoms with Gasteiger partial charge < -0.3 is 24.9 Å². The molecule has 0 saturated carbocycles. The maximum absolute atomic E-state index is 12.0. The van der Waals surface area contributed by atoms with Gasteiger partial charge in [0.1, 0.15) is 17.1 Å². The highest BCUT2D eigenvalue weighted by Crippen LogP contribution is 2.25. The van der Waals surface area contributed by atoms with Crippen LogP contribution in [0.15, 0.2) is 41.0 Å². The highest BCUT2D eigenvalue weighted by molar-refractivity contribution is 6.39. The molecule has 7 heteroatoms. The van der Waals surface area contributed by atoms with Gasteiger partial charge in [0, 0.05) is 0 Å². The van der Waals surface area contributed by atoms with Crippen LogP contribution in [-0.2, 0) is 15.2 Å². The summed E-state index contributed by atoms with van der Waals surface area (Å²) in [5, 5.41) is 15.1. The first-order valence-electron chi connectivity index (χ1n) is 7.33. The maximum atomic E-state index is 12.0. The number of amides is 2. The van der Waals surface area contributed by atoms with E-state index in [0.29, 0.717) is 17.2 Å². The average molecular weight is 332 g/mol. The van der Waals surface area contributed by atoms with E-state index >= 15 is 0 Å². The van der Waals surface area contributed by atoms with Crippen LogP contribution in [0.5, 0.6) is 5.75 Å². The fraction of sp³-hybridized carbons (Fsp3) is 0.294. The number of benzene rings is 1. The van der Waals surface area contributed by atoms with Crippen LogP contribution in [0.25, 0.3) is 0 Å². The lowest BCUT2D eigenvalue weighted by Gasteiger charge is -2.21. The Morgan fingerprint density at radius 2 is 2.04 bits per heavy atom. The number of ether oxygens (including phenoxy) is 1. The minimum atomic E-state index is -1.42. The number of hydrogen-bond acceptors (Lipinski definition) is 5. The first kappa shape index (κ1) is 17.6. The molecule has 0 spiro atoms. The monoisotopic (exact) mass is 332 g/mol. The minimum absolute atomic E-state index is 0.169. The van der Waals surface area contributed by atoms with Gasteiger partial charge in [-0.1, -0.05) is 6.07 Å². The summed E-state index contributed by atoms with van der Waals surface area (Å²) >= 11 is 0. The van der Waals surface area contributed by atoms with Gasteiger partial charge in [0.05, 0.1) is 25.6 Å². The molecule has 0 unspecified atom stereocenters. The Bertz CT molecular complexity index is 723. The highest BCUT2D eigenvalue weighted by atomic mass is 16.5. The topological polar surface area (TPSA) is 101 Å². The zero-order valence-electron chi connectivity index (χ0n) is 13.8. The second-order valence-electron chi connectivity index (χ2n) is 5.59. The number of methoxy groups -OCH3 is 1. The van der Waals surface area contributed by atoms with Crippen LogP contribution in [0.4, 0.5) is 5.69 Å². The molecule has 0 aliphatic carbocycles. The number of nitrogens with one attached hydrogen (secondary N) is 2. The summed E-state index contributed by atoms with van der Waals surface area (Å²) in [6.07, 6.45) is 1.42.